The molecule has 1 aromatic rings. The highest BCUT2D eigenvalue weighted by Gasteiger charge is 2.32. The first-order valence-electron chi connectivity index (χ1n) is 7.20. The van der Waals surface area contributed by atoms with E-state index in [-0.39, 0.29) is 17.4 Å². The lowest BCUT2D eigenvalue weighted by Crippen LogP contribution is -2.47. The minimum Gasteiger partial charge on any atom is -0.368 e. The maximum Gasteiger partial charge on any atom is 0.228 e. The number of rotatable bonds is 2. The first-order chi connectivity index (χ1) is 9.79. The van der Waals surface area contributed by atoms with Crippen LogP contribution in [0.2, 0.25) is 0 Å². The van der Waals surface area contributed by atoms with E-state index in [4.69, 9.17) is 4.74 Å². The molecule has 0 aliphatic carbocycles. The van der Waals surface area contributed by atoms with Crippen LogP contribution in [0.3, 0.4) is 0 Å². The molecule has 6 nitrogen and oxygen atoms in total. The monoisotopic (exact) mass is 292 g/mol. The van der Waals surface area contributed by atoms with Crippen LogP contribution < -0.4 is 4.90 Å². The summed E-state index contributed by atoms with van der Waals surface area (Å²) in [4.78, 5) is 24.8. The highest BCUT2D eigenvalue weighted by Crippen LogP contribution is 2.25. The minimum atomic E-state index is -0.373. The van der Waals surface area contributed by atoms with Crippen LogP contribution in [0, 0.1) is 5.41 Å². The fraction of sp³-hybridized carbons (Fsp3) is 0.667. The molecular weight excluding hydrogens is 268 g/mol. The predicted molar refractivity (Wildman–Crippen MR) is 81.1 cm³/mol. The Bertz CT molecular complexity index is 511. The lowest BCUT2D eigenvalue weighted by Gasteiger charge is -2.36. The normalized spacial score (nSPS) is 19.5. The van der Waals surface area contributed by atoms with Crippen LogP contribution in [0.25, 0.3) is 0 Å². The topological polar surface area (TPSA) is 58.6 Å². The van der Waals surface area contributed by atoms with E-state index in [1.807, 2.05) is 50.7 Å². The number of nitrogens with zero attached hydrogens (tertiary/aromatic N) is 4. The van der Waals surface area contributed by atoms with Gasteiger partial charge < -0.3 is 14.5 Å². The van der Waals surface area contributed by atoms with E-state index in [0.29, 0.717) is 25.6 Å². The number of morpholine rings is 1. The molecule has 6 heteroatoms. The summed E-state index contributed by atoms with van der Waals surface area (Å²) in [6.45, 7) is 7.53. The maximum absolute atomic E-state index is 12.4. The Morgan fingerprint density at radius 2 is 2.14 bits per heavy atom. The average Bonchev–Trinajstić information content (AvgIpc) is 2.45. The number of hydrogen-bond donors (Lipinski definition) is 0. The van der Waals surface area contributed by atoms with Crippen LogP contribution in [-0.2, 0) is 9.53 Å². The molecule has 2 heterocycles. The number of hydrogen-bond acceptors (Lipinski definition) is 5. The Morgan fingerprint density at radius 1 is 1.43 bits per heavy atom. The number of ether oxygens (including phenoxy) is 1. The largest absolute Gasteiger partial charge is 0.368 e. The smallest absolute Gasteiger partial charge is 0.228 e. The molecule has 21 heavy (non-hydrogen) atoms. The molecule has 0 aromatic carbocycles. The van der Waals surface area contributed by atoms with Gasteiger partial charge in [-0.25, -0.2) is 9.97 Å². The molecule has 1 aliphatic rings. The molecule has 1 atom stereocenters. The summed E-state index contributed by atoms with van der Waals surface area (Å²) in [5, 5.41) is 0. The zero-order valence-corrected chi connectivity index (χ0v) is 13.5. The Balaban J connectivity index is 2.14. The lowest BCUT2D eigenvalue weighted by molar-refractivity contribution is -0.147. The van der Waals surface area contributed by atoms with Gasteiger partial charge in [-0.15, -0.1) is 0 Å². The summed E-state index contributed by atoms with van der Waals surface area (Å²) in [5.41, 5.74) is 0.447. The second kappa shape index (κ2) is 5.97. The molecule has 0 radical (unpaired) electrons. The Morgan fingerprint density at radius 3 is 2.76 bits per heavy atom. The summed E-state index contributed by atoms with van der Waals surface area (Å²) in [5.74, 6) is 0.799. The van der Waals surface area contributed by atoms with E-state index in [1.165, 1.54) is 0 Å². The molecule has 116 valence electrons. The maximum atomic E-state index is 12.4. The number of anilines is 1. The van der Waals surface area contributed by atoms with Crippen molar-refractivity contribution in [3.05, 3.63) is 18.0 Å². The van der Waals surface area contributed by atoms with Crippen molar-refractivity contribution in [2.45, 2.75) is 26.9 Å². The standard InChI is InChI=1S/C15H24N4O2/c1-15(2,3)13(20)19-8-9-21-12(10-19)11-6-7-16-14(17-11)18(4)5/h6-7,12H,8-10H2,1-5H3/t12-/m0/s1. The van der Waals surface area contributed by atoms with Gasteiger partial charge in [-0.2, -0.15) is 0 Å². The van der Waals surface area contributed by atoms with Gasteiger partial charge in [0.15, 0.2) is 0 Å². The van der Waals surface area contributed by atoms with Crippen molar-refractivity contribution in [3.63, 3.8) is 0 Å². The molecule has 1 aliphatic heterocycles. The van der Waals surface area contributed by atoms with E-state index >= 15 is 0 Å². The lowest BCUT2D eigenvalue weighted by atomic mass is 9.94. The van der Waals surface area contributed by atoms with Crippen LogP contribution >= 0.6 is 0 Å². The quantitative estimate of drug-likeness (QED) is 0.826. The van der Waals surface area contributed by atoms with Gasteiger partial charge in [-0.3, -0.25) is 4.79 Å². The van der Waals surface area contributed by atoms with Crippen molar-refractivity contribution in [1.82, 2.24) is 14.9 Å². The zero-order chi connectivity index (χ0) is 15.6. The number of amides is 1. The highest BCUT2D eigenvalue weighted by atomic mass is 16.5. The van der Waals surface area contributed by atoms with Crippen molar-refractivity contribution in [2.24, 2.45) is 5.41 Å². The molecule has 1 saturated heterocycles. The average molecular weight is 292 g/mol. The first-order valence-corrected chi connectivity index (χ1v) is 7.20. The Labute approximate surface area is 126 Å². The fourth-order valence-electron chi connectivity index (χ4n) is 2.24. The van der Waals surface area contributed by atoms with E-state index in [2.05, 4.69) is 9.97 Å². The molecule has 0 unspecified atom stereocenters. The SMILES string of the molecule is CN(C)c1nccc([C@@H]2CN(C(=O)C(C)(C)C)CCO2)n1. The molecule has 1 amide bonds. The Kier molecular flexibility index (Phi) is 4.46. The van der Waals surface area contributed by atoms with Gasteiger partial charge in [0.25, 0.3) is 0 Å². The van der Waals surface area contributed by atoms with E-state index in [0.717, 1.165) is 5.69 Å². The molecule has 2 rings (SSSR count). The second-order valence-electron chi connectivity index (χ2n) is 6.54. The van der Waals surface area contributed by atoms with Crippen LogP contribution in [0.4, 0.5) is 5.95 Å². The summed E-state index contributed by atoms with van der Waals surface area (Å²) in [6, 6.07) is 1.85. The van der Waals surface area contributed by atoms with Crippen molar-refractivity contribution in [3.8, 4) is 0 Å². The predicted octanol–water partition coefficient (Wildman–Crippen LogP) is 1.49. The third-order valence-corrected chi connectivity index (χ3v) is 3.39. The van der Waals surface area contributed by atoms with Crippen molar-refractivity contribution in [2.75, 3.05) is 38.7 Å². The third-order valence-electron chi connectivity index (χ3n) is 3.39. The molecule has 0 spiro atoms. The van der Waals surface area contributed by atoms with E-state index in [9.17, 15) is 4.79 Å². The van der Waals surface area contributed by atoms with Gasteiger partial charge in [0, 0.05) is 32.3 Å². The van der Waals surface area contributed by atoms with Gasteiger partial charge >= 0.3 is 0 Å². The van der Waals surface area contributed by atoms with Crippen molar-refractivity contribution in [1.29, 1.82) is 0 Å². The minimum absolute atomic E-state index is 0.151. The highest BCUT2D eigenvalue weighted by molar-refractivity contribution is 5.81. The zero-order valence-electron chi connectivity index (χ0n) is 13.5. The first kappa shape index (κ1) is 15.7. The Hall–Kier alpha value is -1.69. The number of aromatic nitrogens is 2. The second-order valence-corrected chi connectivity index (χ2v) is 6.54. The van der Waals surface area contributed by atoms with Gasteiger partial charge in [0.2, 0.25) is 11.9 Å². The van der Waals surface area contributed by atoms with Gasteiger partial charge in [-0.1, -0.05) is 20.8 Å². The van der Waals surface area contributed by atoms with Crippen LogP contribution in [0.1, 0.15) is 32.6 Å². The van der Waals surface area contributed by atoms with Gasteiger partial charge in [0.05, 0.1) is 18.8 Å². The molecule has 0 bridgehead atoms. The number of carbonyl (C=O) groups excluding carboxylic acids is 1. The summed E-state index contributed by atoms with van der Waals surface area (Å²) < 4.78 is 5.79. The van der Waals surface area contributed by atoms with E-state index < -0.39 is 0 Å². The van der Waals surface area contributed by atoms with Crippen molar-refractivity contribution < 1.29 is 9.53 Å². The van der Waals surface area contributed by atoms with Crippen LogP contribution in [-0.4, -0.2) is 54.6 Å². The third kappa shape index (κ3) is 3.69. The molecule has 0 saturated carbocycles. The van der Waals surface area contributed by atoms with Gasteiger partial charge in [-0.05, 0) is 6.07 Å². The fourth-order valence-corrected chi connectivity index (χ4v) is 2.24. The number of carbonyl (C=O) groups is 1. The van der Waals surface area contributed by atoms with E-state index in [1.54, 1.807) is 6.20 Å². The van der Waals surface area contributed by atoms with Crippen LogP contribution in [0.15, 0.2) is 12.3 Å². The van der Waals surface area contributed by atoms with Gasteiger partial charge in [0.1, 0.15) is 6.10 Å². The molecule has 1 aromatic heterocycles. The molecule has 0 N–H and O–H groups in total. The summed E-state index contributed by atoms with van der Waals surface area (Å²) in [7, 11) is 3.80. The van der Waals surface area contributed by atoms with Crippen molar-refractivity contribution >= 4 is 11.9 Å². The summed E-state index contributed by atoms with van der Waals surface area (Å²) >= 11 is 0. The summed E-state index contributed by atoms with van der Waals surface area (Å²) in [6.07, 6.45) is 1.54. The molecule has 1 fully saturated rings. The van der Waals surface area contributed by atoms with Crippen LogP contribution in [0.5, 0.6) is 0 Å². The molecular formula is C15H24N4O2.